The van der Waals surface area contributed by atoms with Crippen molar-refractivity contribution in [3.05, 3.63) is 54.0 Å². The lowest BCUT2D eigenvalue weighted by Gasteiger charge is -2.29. The Kier molecular flexibility index (Phi) is 4.31. The third-order valence-corrected chi connectivity index (χ3v) is 6.80. The normalized spacial score (nSPS) is 30.5. The number of fused-ring (bicyclic) bond motifs is 1. The SMILES string of the molecule is Cc1ccccc1CC(=O)NC[C@H]1[C@H]2CN(c3cnccn3)C[C@]23CC[C@H]1O3. The number of hydrogen-bond acceptors (Lipinski definition) is 5. The molecule has 0 aliphatic carbocycles. The van der Waals surface area contributed by atoms with Gasteiger partial charge in [-0.25, -0.2) is 4.98 Å². The van der Waals surface area contributed by atoms with Crippen LogP contribution in [0.5, 0.6) is 0 Å². The van der Waals surface area contributed by atoms with Gasteiger partial charge < -0.3 is 15.0 Å². The molecule has 1 aromatic heterocycles. The molecule has 146 valence electrons. The second-order valence-corrected chi connectivity index (χ2v) is 8.38. The van der Waals surface area contributed by atoms with Gasteiger partial charge in [0.25, 0.3) is 0 Å². The fourth-order valence-electron chi connectivity index (χ4n) is 5.37. The van der Waals surface area contributed by atoms with Crippen molar-refractivity contribution in [3.63, 3.8) is 0 Å². The summed E-state index contributed by atoms with van der Waals surface area (Å²) in [6.07, 6.45) is 8.16. The summed E-state index contributed by atoms with van der Waals surface area (Å²) in [5, 5.41) is 3.18. The molecule has 3 fully saturated rings. The zero-order valence-corrected chi connectivity index (χ0v) is 16.2. The zero-order chi connectivity index (χ0) is 19.1. The van der Waals surface area contributed by atoms with Crippen LogP contribution in [0.25, 0.3) is 0 Å². The van der Waals surface area contributed by atoms with E-state index in [1.807, 2.05) is 24.4 Å². The van der Waals surface area contributed by atoms with Crippen molar-refractivity contribution in [2.45, 2.75) is 37.9 Å². The lowest BCUT2D eigenvalue weighted by Crippen LogP contribution is -2.42. The molecule has 1 spiro atoms. The van der Waals surface area contributed by atoms with Crippen LogP contribution in [-0.4, -0.2) is 47.2 Å². The standard InChI is InChI=1S/C22H26N4O2/c1-15-4-2-3-5-16(15)10-21(27)25-11-17-18-13-26(20-12-23-8-9-24-20)14-22(18)7-6-19(17)28-22/h2-5,8-9,12,17-19H,6-7,10-11,13-14H2,1H3,(H,25,27)/t17-,18+,19+,22+/m0/s1. The van der Waals surface area contributed by atoms with Gasteiger partial charge in [0.1, 0.15) is 5.82 Å². The van der Waals surface area contributed by atoms with Gasteiger partial charge in [0.2, 0.25) is 5.91 Å². The summed E-state index contributed by atoms with van der Waals surface area (Å²) in [6.45, 7) is 4.54. The predicted molar refractivity (Wildman–Crippen MR) is 106 cm³/mol. The van der Waals surface area contributed by atoms with Crippen molar-refractivity contribution in [1.82, 2.24) is 15.3 Å². The van der Waals surface area contributed by atoms with Crippen molar-refractivity contribution in [1.29, 1.82) is 0 Å². The number of amides is 1. The van der Waals surface area contributed by atoms with E-state index in [-0.39, 0.29) is 17.6 Å². The van der Waals surface area contributed by atoms with Crippen LogP contribution in [0.4, 0.5) is 5.82 Å². The highest BCUT2D eigenvalue weighted by atomic mass is 16.5. The van der Waals surface area contributed by atoms with Crippen molar-refractivity contribution in [2.24, 2.45) is 11.8 Å². The number of benzene rings is 1. The number of carbonyl (C=O) groups excluding carboxylic acids is 1. The number of nitrogens with one attached hydrogen (secondary N) is 1. The predicted octanol–water partition coefficient (Wildman–Crippen LogP) is 2.13. The topological polar surface area (TPSA) is 67.4 Å². The van der Waals surface area contributed by atoms with Crippen LogP contribution in [0.3, 0.4) is 0 Å². The van der Waals surface area contributed by atoms with Gasteiger partial charge in [0.15, 0.2) is 0 Å². The third-order valence-electron chi connectivity index (χ3n) is 6.80. The van der Waals surface area contributed by atoms with E-state index in [4.69, 9.17) is 4.74 Å². The van der Waals surface area contributed by atoms with Crippen LogP contribution in [0.15, 0.2) is 42.9 Å². The Balaban J connectivity index is 1.24. The fourth-order valence-corrected chi connectivity index (χ4v) is 5.37. The van der Waals surface area contributed by atoms with E-state index in [1.54, 1.807) is 12.4 Å². The first-order chi connectivity index (χ1) is 13.6. The maximum atomic E-state index is 12.5. The maximum absolute atomic E-state index is 12.5. The molecule has 0 saturated carbocycles. The molecule has 2 bridgehead atoms. The van der Waals surface area contributed by atoms with Crippen LogP contribution in [0, 0.1) is 18.8 Å². The van der Waals surface area contributed by atoms with E-state index in [9.17, 15) is 4.79 Å². The van der Waals surface area contributed by atoms with E-state index in [2.05, 4.69) is 33.2 Å². The molecule has 6 heteroatoms. The highest BCUT2D eigenvalue weighted by molar-refractivity contribution is 5.78. The zero-order valence-electron chi connectivity index (χ0n) is 16.2. The van der Waals surface area contributed by atoms with E-state index < -0.39 is 0 Å². The van der Waals surface area contributed by atoms with Crippen molar-refractivity contribution < 1.29 is 9.53 Å². The van der Waals surface area contributed by atoms with Gasteiger partial charge in [0, 0.05) is 43.9 Å². The molecule has 0 radical (unpaired) electrons. The molecule has 3 aliphatic rings. The van der Waals surface area contributed by atoms with Crippen LogP contribution in [0.1, 0.15) is 24.0 Å². The molecule has 1 amide bonds. The molecule has 1 aromatic carbocycles. The molecule has 2 aromatic rings. The highest BCUT2D eigenvalue weighted by Gasteiger charge is 2.63. The Morgan fingerprint density at radius 3 is 3.07 bits per heavy atom. The van der Waals surface area contributed by atoms with Gasteiger partial charge in [-0.15, -0.1) is 0 Å². The number of aryl methyl sites for hydroxylation is 1. The molecule has 1 N–H and O–H groups in total. The summed E-state index contributed by atoms with van der Waals surface area (Å²) in [7, 11) is 0. The van der Waals surface area contributed by atoms with Crippen LogP contribution in [-0.2, 0) is 16.0 Å². The van der Waals surface area contributed by atoms with E-state index in [0.29, 0.717) is 24.8 Å². The highest BCUT2D eigenvalue weighted by Crippen LogP contribution is 2.55. The van der Waals surface area contributed by atoms with Crippen LogP contribution in [0.2, 0.25) is 0 Å². The Morgan fingerprint density at radius 1 is 1.36 bits per heavy atom. The first-order valence-electron chi connectivity index (χ1n) is 10.1. The monoisotopic (exact) mass is 378 g/mol. The number of rotatable bonds is 5. The van der Waals surface area contributed by atoms with Gasteiger partial charge in [-0.2, -0.15) is 0 Å². The Labute approximate surface area is 165 Å². The molecule has 4 heterocycles. The van der Waals surface area contributed by atoms with E-state index >= 15 is 0 Å². The lowest BCUT2D eigenvalue weighted by molar-refractivity contribution is -0.120. The summed E-state index contributed by atoms with van der Waals surface area (Å²) < 4.78 is 6.48. The molecule has 5 rings (SSSR count). The number of carbonyl (C=O) groups is 1. The largest absolute Gasteiger partial charge is 0.369 e. The first kappa shape index (κ1) is 17.6. The molecule has 0 unspecified atom stereocenters. The van der Waals surface area contributed by atoms with E-state index in [1.165, 1.54) is 0 Å². The molecule has 6 nitrogen and oxygen atoms in total. The summed E-state index contributed by atoms with van der Waals surface area (Å²) in [4.78, 5) is 23.5. The summed E-state index contributed by atoms with van der Waals surface area (Å²) >= 11 is 0. The van der Waals surface area contributed by atoms with Crippen molar-refractivity contribution >= 4 is 11.7 Å². The molecular formula is C22H26N4O2. The first-order valence-corrected chi connectivity index (χ1v) is 10.1. The Morgan fingerprint density at radius 2 is 2.25 bits per heavy atom. The minimum absolute atomic E-state index is 0.0758. The lowest BCUT2D eigenvalue weighted by atomic mass is 9.73. The number of hydrogen-bond donors (Lipinski definition) is 1. The summed E-state index contributed by atoms with van der Waals surface area (Å²) in [6, 6.07) is 8.07. The van der Waals surface area contributed by atoms with Crippen LogP contribution < -0.4 is 10.2 Å². The van der Waals surface area contributed by atoms with Crippen LogP contribution >= 0.6 is 0 Å². The maximum Gasteiger partial charge on any atom is 0.224 e. The van der Waals surface area contributed by atoms with Crippen molar-refractivity contribution in [3.8, 4) is 0 Å². The van der Waals surface area contributed by atoms with Gasteiger partial charge in [-0.1, -0.05) is 24.3 Å². The molecule has 28 heavy (non-hydrogen) atoms. The Bertz CT molecular complexity index is 874. The number of nitrogens with zero attached hydrogens (tertiary/aromatic N) is 3. The smallest absolute Gasteiger partial charge is 0.224 e. The molecule has 3 aliphatic heterocycles. The van der Waals surface area contributed by atoms with Gasteiger partial charge in [0.05, 0.1) is 24.3 Å². The minimum Gasteiger partial charge on any atom is -0.369 e. The molecule has 3 saturated heterocycles. The average molecular weight is 378 g/mol. The number of anilines is 1. The number of aromatic nitrogens is 2. The number of ether oxygens (including phenoxy) is 1. The van der Waals surface area contributed by atoms with E-state index in [0.717, 1.165) is 42.9 Å². The van der Waals surface area contributed by atoms with Gasteiger partial charge in [-0.3, -0.25) is 9.78 Å². The quantitative estimate of drug-likeness (QED) is 0.863. The van der Waals surface area contributed by atoms with Crippen molar-refractivity contribution in [2.75, 3.05) is 24.5 Å². The third kappa shape index (κ3) is 2.96. The summed E-state index contributed by atoms with van der Waals surface area (Å²) in [5.74, 6) is 1.82. The minimum atomic E-state index is -0.0758. The van der Waals surface area contributed by atoms with Gasteiger partial charge >= 0.3 is 0 Å². The average Bonchev–Trinajstić information content (AvgIpc) is 3.37. The molecule has 4 atom stereocenters. The second kappa shape index (κ2) is 6.85. The fraction of sp³-hybridized carbons (Fsp3) is 0.500. The second-order valence-electron chi connectivity index (χ2n) is 8.38. The molecular weight excluding hydrogens is 352 g/mol. The van der Waals surface area contributed by atoms with Gasteiger partial charge in [-0.05, 0) is 30.9 Å². The Hall–Kier alpha value is -2.47. The summed E-state index contributed by atoms with van der Waals surface area (Å²) in [5.41, 5.74) is 2.18.